The van der Waals surface area contributed by atoms with Crippen molar-refractivity contribution >= 4 is 0 Å². The van der Waals surface area contributed by atoms with Gasteiger partial charge in [0.1, 0.15) is 0 Å². The molecular formula is C20H32O. The van der Waals surface area contributed by atoms with E-state index in [0.29, 0.717) is 16.9 Å². The summed E-state index contributed by atoms with van der Waals surface area (Å²) in [6.07, 6.45) is 11.2. The van der Waals surface area contributed by atoms with Crippen LogP contribution in [0.25, 0.3) is 0 Å². The summed E-state index contributed by atoms with van der Waals surface area (Å²) in [4.78, 5) is 0. The molecule has 1 aliphatic heterocycles. The number of fused-ring (bicyclic) bond motifs is 3. The molecule has 0 spiro atoms. The van der Waals surface area contributed by atoms with E-state index in [1.165, 1.54) is 31.3 Å². The van der Waals surface area contributed by atoms with E-state index in [0.717, 1.165) is 18.3 Å². The minimum Gasteiger partial charge on any atom is -0.367 e. The van der Waals surface area contributed by atoms with E-state index >= 15 is 0 Å². The van der Waals surface area contributed by atoms with Crippen LogP contribution in [0.5, 0.6) is 0 Å². The maximum absolute atomic E-state index is 6.59. The van der Waals surface area contributed by atoms with Crippen LogP contribution in [0.4, 0.5) is 0 Å². The third-order valence-electron chi connectivity index (χ3n) is 7.16. The molecule has 1 saturated heterocycles. The first-order valence-corrected chi connectivity index (χ1v) is 8.70. The molecule has 1 nitrogen and oxygen atoms in total. The normalized spacial score (nSPS) is 51.0. The van der Waals surface area contributed by atoms with Gasteiger partial charge in [0, 0.05) is 0 Å². The van der Waals surface area contributed by atoms with E-state index in [4.69, 9.17) is 4.74 Å². The van der Waals surface area contributed by atoms with Gasteiger partial charge >= 0.3 is 0 Å². The first kappa shape index (κ1) is 15.3. The van der Waals surface area contributed by atoms with Crippen molar-refractivity contribution in [3.63, 3.8) is 0 Å². The van der Waals surface area contributed by atoms with Gasteiger partial charge in [0.05, 0.1) is 11.7 Å². The Hall–Kier alpha value is -0.560. The van der Waals surface area contributed by atoms with Crippen molar-refractivity contribution in [2.75, 3.05) is 0 Å². The van der Waals surface area contributed by atoms with Crippen LogP contribution >= 0.6 is 0 Å². The third kappa shape index (κ3) is 2.15. The molecule has 0 N–H and O–H groups in total. The van der Waals surface area contributed by atoms with Gasteiger partial charge in [-0.05, 0) is 75.5 Å². The highest BCUT2D eigenvalue weighted by atomic mass is 16.5. The topological polar surface area (TPSA) is 9.23 Å². The fraction of sp³-hybridized carbons (Fsp3) is 0.800. The van der Waals surface area contributed by atoms with Crippen LogP contribution in [0.1, 0.15) is 66.7 Å². The minimum atomic E-state index is -0.0948. The Labute approximate surface area is 130 Å². The average Bonchev–Trinajstić information content (AvgIpc) is 3.18. The summed E-state index contributed by atoms with van der Waals surface area (Å²) in [5.74, 6) is 1.71. The fourth-order valence-electron chi connectivity index (χ4n) is 5.29. The molecule has 3 aliphatic rings. The van der Waals surface area contributed by atoms with Gasteiger partial charge in [0.25, 0.3) is 0 Å². The van der Waals surface area contributed by atoms with Crippen LogP contribution in [0.15, 0.2) is 24.3 Å². The lowest BCUT2D eigenvalue weighted by atomic mass is 9.58. The van der Waals surface area contributed by atoms with Crippen molar-refractivity contribution in [2.45, 2.75) is 78.4 Å². The molecule has 0 amide bonds. The Balaban J connectivity index is 1.82. The molecule has 2 aliphatic carbocycles. The number of hydrogen-bond acceptors (Lipinski definition) is 1. The molecule has 118 valence electrons. The van der Waals surface area contributed by atoms with Crippen molar-refractivity contribution in [3.8, 4) is 0 Å². The number of rotatable bonds is 4. The maximum atomic E-state index is 6.59. The SMILES string of the molecule is C=C[C@]1(C)CC[C@@]2(C)[C@@H](O1)[C@H]1C[C@H]1[C@@]2(C)CCC=C(C)C. The molecule has 0 unspecified atom stereocenters. The first-order chi connectivity index (χ1) is 9.76. The molecular weight excluding hydrogens is 256 g/mol. The Morgan fingerprint density at radius 1 is 1.24 bits per heavy atom. The summed E-state index contributed by atoms with van der Waals surface area (Å²) in [7, 11) is 0. The lowest BCUT2D eigenvalue weighted by Gasteiger charge is -2.53. The van der Waals surface area contributed by atoms with Crippen LogP contribution < -0.4 is 0 Å². The highest BCUT2D eigenvalue weighted by molar-refractivity contribution is 5.22. The van der Waals surface area contributed by atoms with Gasteiger partial charge in [-0.1, -0.05) is 31.6 Å². The average molecular weight is 288 g/mol. The Morgan fingerprint density at radius 2 is 1.95 bits per heavy atom. The largest absolute Gasteiger partial charge is 0.367 e. The second kappa shape index (κ2) is 4.72. The van der Waals surface area contributed by atoms with Crippen LogP contribution in [-0.4, -0.2) is 11.7 Å². The second-order valence-corrected chi connectivity index (χ2v) is 8.72. The predicted molar refractivity (Wildman–Crippen MR) is 89.2 cm³/mol. The number of hydrogen-bond donors (Lipinski definition) is 0. The molecule has 21 heavy (non-hydrogen) atoms. The van der Waals surface area contributed by atoms with Gasteiger partial charge < -0.3 is 4.74 Å². The van der Waals surface area contributed by atoms with Gasteiger partial charge in [0.15, 0.2) is 0 Å². The Bertz CT molecular complexity index is 474. The van der Waals surface area contributed by atoms with Crippen molar-refractivity contribution in [2.24, 2.45) is 22.7 Å². The number of ether oxygens (including phenoxy) is 1. The quantitative estimate of drug-likeness (QED) is 0.619. The molecule has 3 rings (SSSR count). The number of allylic oxidation sites excluding steroid dienone is 2. The lowest BCUT2D eigenvalue weighted by Crippen LogP contribution is -2.52. The summed E-state index contributed by atoms with van der Waals surface area (Å²) >= 11 is 0. The van der Waals surface area contributed by atoms with Crippen molar-refractivity contribution < 1.29 is 4.74 Å². The van der Waals surface area contributed by atoms with Crippen LogP contribution in [0, 0.1) is 22.7 Å². The van der Waals surface area contributed by atoms with Gasteiger partial charge in [-0.15, -0.1) is 6.58 Å². The van der Waals surface area contributed by atoms with Crippen molar-refractivity contribution in [1.82, 2.24) is 0 Å². The van der Waals surface area contributed by atoms with Crippen molar-refractivity contribution in [1.29, 1.82) is 0 Å². The highest BCUT2D eigenvalue weighted by Crippen LogP contribution is 2.75. The molecule has 0 radical (unpaired) electrons. The highest BCUT2D eigenvalue weighted by Gasteiger charge is 2.72. The fourth-order valence-corrected chi connectivity index (χ4v) is 5.29. The zero-order chi connectivity index (χ0) is 15.5. The van der Waals surface area contributed by atoms with E-state index in [1.54, 1.807) is 0 Å². The molecule has 0 aromatic rings. The molecule has 1 heteroatoms. The van der Waals surface area contributed by atoms with E-state index in [9.17, 15) is 0 Å². The molecule has 1 heterocycles. The third-order valence-corrected chi connectivity index (χ3v) is 7.16. The summed E-state index contributed by atoms with van der Waals surface area (Å²) < 4.78 is 6.59. The lowest BCUT2D eigenvalue weighted by molar-refractivity contribution is -0.179. The second-order valence-electron chi connectivity index (χ2n) is 8.72. The molecule has 0 aromatic carbocycles. The summed E-state index contributed by atoms with van der Waals surface area (Å²) in [6.45, 7) is 15.7. The monoisotopic (exact) mass is 288 g/mol. The predicted octanol–water partition coefficient (Wildman–Crippen LogP) is 5.52. The van der Waals surface area contributed by atoms with Crippen molar-refractivity contribution in [3.05, 3.63) is 24.3 Å². The van der Waals surface area contributed by atoms with E-state index in [1.807, 2.05) is 6.08 Å². The van der Waals surface area contributed by atoms with E-state index in [-0.39, 0.29) is 5.60 Å². The van der Waals surface area contributed by atoms with Gasteiger partial charge in [-0.2, -0.15) is 0 Å². The minimum absolute atomic E-state index is 0.0948. The molecule has 3 fully saturated rings. The molecule has 6 atom stereocenters. The van der Waals surface area contributed by atoms with Gasteiger partial charge in [-0.3, -0.25) is 0 Å². The zero-order valence-electron chi connectivity index (χ0n) is 14.5. The summed E-state index contributed by atoms with van der Waals surface area (Å²) in [5.41, 5.74) is 2.17. The zero-order valence-corrected chi connectivity index (χ0v) is 14.5. The summed E-state index contributed by atoms with van der Waals surface area (Å²) in [6, 6.07) is 0. The van der Waals surface area contributed by atoms with Crippen LogP contribution in [-0.2, 0) is 4.74 Å². The first-order valence-electron chi connectivity index (χ1n) is 8.70. The smallest absolute Gasteiger partial charge is 0.0836 e. The van der Waals surface area contributed by atoms with Crippen LogP contribution in [0.3, 0.4) is 0 Å². The van der Waals surface area contributed by atoms with Gasteiger partial charge in [0.2, 0.25) is 0 Å². The van der Waals surface area contributed by atoms with E-state index in [2.05, 4.69) is 47.3 Å². The standard InChI is InChI=1S/C20H32O/c1-7-18(4)11-12-20(6)17(21-18)15-13-16(15)19(20,5)10-8-9-14(2)3/h7,9,15-17H,1,8,10-13H2,2-6H3/t15-,16+,17-,18+,19+,20-/m0/s1. The van der Waals surface area contributed by atoms with Crippen LogP contribution in [0.2, 0.25) is 0 Å². The summed E-state index contributed by atoms with van der Waals surface area (Å²) in [5, 5.41) is 0. The maximum Gasteiger partial charge on any atom is 0.0836 e. The Morgan fingerprint density at radius 3 is 2.57 bits per heavy atom. The molecule has 0 aromatic heterocycles. The van der Waals surface area contributed by atoms with E-state index < -0.39 is 0 Å². The van der Waals surface area contributed by atoms with Gasteiger partial charge in [-0.25, -0.2) is 0 Å². The molecule has 2 saturated carbocycles. The molecule has 0 bridgehead atoms. The Kier molecular flexibility index (Phi) is 3.44.